The Morgan fingerprint density at radius 3 is 2.67 bits per heavy atom. The van der Waals surface area contributed by atoms with Gasteiger partial charge in [-0.25, -0.2) is 9.37 Å². The highest BCUT2D eigenvalue weighted by Gasteiger charge is 2.14. The van der Waals surface area contributed by atoms with Crippen LogP contribution >= 0.6 is 0 Å². The molecule has 0 aliphatic carbocycles. The van der Waals surface area contributed by atoms with Crippen molar-refractivity contribution < 1.29 is 13.9 Å². The minimum Gasteiger partial charge on any atom is -0.506 e. The van der Waals surface area contributed by atoms with Crippen LogP contribution in [0.1, 0.15) is 0 Å². The zero-order valence-electron chi connectivity index (χ0n) is 10.7. The van der Waals surface area contributed by atoms with Crippen molar-refractivity contribution >= 4 is 22.0 Å². The topological polar surface area (TPSA) is 59.2 Å². The summed E-state index contributed by atoms with van der Waals surface area (Å²) in [4.78, 5) is 8.58. The van der Waals surface area contributed by atoms with Crippen LogP contribution in [0.2, 0.25) is 0 Å². The molecule has 5 heteroatoms. The van der Waals surface area contributed by atoms with Crippen LogP contribution in [0.25, 0.3) is 33.5 Å². The summed E-state index contributed by atoms with van der Waals surface area (Å²) in [6, 6.07) is 11.0. The summed E-state index contributed by atoms with van der Waals surface area (Å²) in [6.45, 7) is 0. The summed E-state index contributed by atoms with van der Waals surface area (Å²) in [5.41, 5.74) is 2.23. The van der Waals surface area contributed by atoms with Crippen molar-refractivity contribution in [3.05, 3.63) is 54.5 Å². The van der Waals surface area contributed by atoms with Crippen molar-refractivity contribution in [1.82, 2.24) is 9.97 Å². The summed E-state index contributed by atoms with van der Waals surface area (Å²) < 4.78 is 18.6. The highest BCUT2D eigenvalue weighted by atomic mass is 19.1. The molecular formula is C16H9FN2O2. The Labute approximate surface area is 118 Å². The van der Waals surface area contributed by atoms with Crippen LogP contribution in [0.15, 0.2) is 53.1 Å². The molecule has 0 fully saturated rings. The highest BCUT2D eigenvalue weighted by molar-refractivity contribution is 6.05. The van der Waals surface area contributed by atoms with Crippen molar-refractivity contribution in [3.8, 4) is 17.2 Å². The fourth-order valence-electron chi connectivity index (χ4n) is 2.33. The Hall–Kier alpha value is -2.95. The van der Waals surface area contributed by atoms with Crippen LogP contribution in [-0.4, -0.2) is 15.1 Å². The van der Waals surface area contributed by atoms with E-state index in [0.29, 0.717) is 33.5 Å². The molecule has 0 atom stereocenters. The van der Waals surface area contributed by atoms with Gasteiger partial charge in [0, 0.05) is 23.2 Å². The molecule has 0 unspecified atom stereocenters. The number of benzene rings is 2. The molecule has 0 spiro atoms. The summed E-state index contributed by atoms with van der Waals surface area (Å²) in [7, 11) is 0. The van der Waals surface area contributed by atoms with E-state index in [0.717, 1.165) is 0 Å². The third kappa shape index (κ3) is 1.82. The van der Waals surface area contributed by atoms with Gasteiger partial charge in [0.05, 0.1) is 0 Å². The molecular weight excluding hydrogens is 271 g/mol. The maximum absolute atomic E-state index is 13.0. The number of pyridine rings is 1. The van der Waals surface area contributed by atoms with E-state index in [-0.39, 0.29) is 11.6 Å². The number of fused-ring (bicyclic) bond motifs is 3. The summed E-state index contributed by atoms with van der Waals surface area (Å²) >= 11 is 0. The maximum Gasteiger partial charge on any atom is 0.227 e. The molecule has 0 amide bonds. The van der Waals surface area contributed by atoms with E-state index in [9.17, 15) is 9.50 Å². The molecule has 0 aliphatic rings. The van der Waals surface area contributed by atoms with Gasteiger partial charge in [-0.05, 0) is 36.4 Å². The van der Waals surface area contributed by atoms with E-state index in [1.165, 1.54) is 18.2 Å². The van der Waals surface area contributed by atoms with Gasteiger partial charge in [-0.3, -0.25) is 4.98 Å². The first-order valence-electron chi connectivity index (χ1n) is 6.35. The molecule has 2 aromatic heterocycles. The third-order valence-electron chi connectivity index (χ3n) is 3.32. The Bertz CT molecular complexity index is 961. The first kappa shape index (κ1) is 11.8. The van der Waals surface area contributed by atoms with Crippen LogP contribution in [0.4, 0.5) is 4.39 Å². The second kappa shape index (κ2) is 4.28. The van der Waals surface area contributed by atoms with Crippen molar-refractivity contribution in [2.45, 2.75) is 0 Å². The molecule has 4 nitrogen and oxygen atoms in total. The van der Waals surface area contributed by atoms with Gasteiger partial charge >= 0.3 is 0 Å². The number of hydrogen-bond donors (Lipinski definition) is 1. The molecule has 0 saturated carbocycles. The molecule has 21 heavy (non-hydrogen) atoms. The number of nitrogens with zero attached hydrogens (tertiary/aromatic N) is 2. The summed E-state index contributed by atoms with van der Waals surface area (Å²) in [5.74, 6) is 0.0998. The summed E-state index contributed by atoms with van der Waals surface area (Å²) in [6.07, 6.45) is 1.61. The van der Waals surface area contributed by atoms with Crippen molar-refractivity contribution in [2.24, 2.45) is 0 Å². The fraction of sp³-hybridized carbons (Fsp3) is 0. The van der Waals surface area contributed by atoms with Crippen LogP contribution in [-0.2, 0) is 0 Å². The molecule has 4 aromatic rings. The number of oxazole rings is 1. The van der Waals surface area contributed by atoms with Crippen LogP contribution in [0, 0.1) is 5.82 Å². The van der Waals surface area contributed by atoms with Crippen LogP contribution in [0.5, 0.6) is 5.75 Å². The number of hydrogen-bond acceptors (Lipinski definition) is 4. The van der Waals surface area contributed by atoms with Gasteiger partial charge in [0.1, 0.15) is 22.6 Å². The van der Waals surface area contributed by atoms with Gasteiger partial charge in [0.25, 0.3) is 0 Å². The third-order valence-corrected chi connectivity index (χ3v) is 3.32. The molecule has 2 aromatic carbocycles. The van der Waals surface area contributed by atoms with E-state index in [2.05, 4.69) is 9.97 Å². The van der Waals surface area contributed by atoms with Gasteiger partial charge < -0.3 is 9.52 Å². The second-order valence-electron chi connectivity index (χ2n) is 4.67. The Balaban J connectivity index is 2.02. The normalized spacial score (nSPS) is 11.3. The second-order valence-corrected chi connectivity index (χ2v) is 4.67. The Kier molecular flexibility index (Phi) is 2.41. The number of aromatic nitrogens is 2. The lowest BCUT2D eigenvalue weighted by Crippen LogP contribution is -1.81. The highest BCUT2D eigenvalue weighted by Crippen LogP contribution is 2.33. The molecule has 0 aliphatic heterocycles. The molecule has 1 N–H and O–H groups in total. The van der Waals surface area contributed by atoms with Gasteiger partial charge in [-0.2, -0.15) is 0 Å². The molecule has 102 valence electrons. The van der Waals surface area contributed by atoms with E-state index < -0.39 is 0 Å². The van der Waals surface area contributed by atoms with Crippen LogP contribution < -0.4 is 0 Å². The predicted molar refractivity (Wildman–Crippen MR) is 76.4 cm³/mol. The summed E-state index contributed by atoms with van der Waals surface area (Å²) in [5, 5.41) is 10.7. The first-order chi connectivity index (χ1) is 10.2. The molecule has 0 saturated heterocycles. The van der Waals surface area contributed by atoms with Gasteiger partial charge in [0.2, 0.25) is 5.89 Å². The Morgan fingerprint density at radius 1 is 1.05 bits per heavy atom. The lowest BCUT2D eigenvalue weighted by molar-refractivity contribution is 0.479. The monoisotopic (exact) mass is 280 g/mol. The van der Waals surface area contributed by atoms with E-state index in [4.69, 9.17) is 4.42 Å². The maximum atomic E-state index is 13.0. The standard InChI is InChI=1S/C16H9FN2O2/c17-10-5-3-9(4-6-10)16-19-15-11-2-1-7-18-14(11)12(20)8-13(15)21-16/h1-8,20H. The van der Waals surface area contributed by atoms with Crippen LogP contribution in [0.3, 0.4) is 0 Å². The van der Waals surface area contributed by atoms with Gasteiger partial charge in [-0.1, -0.05) is 0 Å². The number of phenolic OH excluding ortho intramolecular Hbond substituents is 1. The van der Waals surface area contributed by atoms with E-state index in [1.807, 2.05) is 6.07 Å². The molecule has 2 heterocycles. The number of aromatic hydroxyl groups is 1. The van der Waals surface area contributed by atoms with Crippen molar-refractivity contribution in [2.75, 3.05) is 0 Å². The minimum atomic E-state index is -0.317. The first-order valence-corrected chi connectivity index (χ1v) is 6.35. The molecule has 0 bridgehead atoms. The van der Waals surface area contributed by atoms with Crippen molar-refractivity contribution in [1.29, 1.82) is 0 Å². The van der Waals surface area contributed by atoms with Gasteiger partial charge in [0.15, 0.2) is 5.58 Å². The Morgan fingerprint density at radius 2 is 1.86 bits per heavy atom. The quantitative estimate of drug-likeness (QED) is 0.574. The number of rotatable bonds is 1. The van der Waals surface area contributed by atoms with Crippen molar-refractivity contribution in [3.63, 3.8) is 0 Å². The largest absolute Gasteiger partial charge is 0.506 e. The smallest absolute Gasteiger partial charge is 0.227 e. The lowest BCUT2D eigenvalue weighted by Gasteiger charge is -1.98. The number of halogens is 1. The number of phenols is 1. The molecule has 0 radical (unpaired) electrons. The van der Waals surface area contributed by atoms with E-state index >= 15 is 0 Å². The average Bonchev–Trinajstić information content (AvgIpc) is 2.92. The fourth-order valence-corrected chi connectivity index (χ4v) is 2.33. The lowest BCUT2D eigenvalue weighted by atomic mass is 10.2. The zero-order chi connectivity index (χ0) is 14.4. The predicted octanol–water partition coefficient (Wildman–Crippen LogP) is 3.89. The molecule has 4 rings (SSSR count). The average molecular weight is 280 g/mol. The van der Waals surface area contributed by atoms with E-state index in [1.54, 1.807) is 24.4 Å². The zero-order valence-corrected chi connectivity index (χ0v) is 10.7. The minimum absolute atomic E-state index is 0.0416. The SMILES string of the molecule is Oc1cc2oc(-c3ccc(F)cc3)nc2c2cccnc12. The van der Waals surface area contributed by atoms with Gasteiger partial charge in [-0.15, -0.1) is 0 Å².